The molecule has 1 aromatic carbocycles. The molecule has 2 aromatic rings. The Hall–Kier alpha value is -2.67. The van der Waals surface area contributed by atoms with Crippen LogP contribution in [0, 0.1) is 11.2 Å². The van der Waals surface area contributed by atoms with Gasteiger partial charge in [0.25, 0.3) is 0 Å². The van der Waals surface area contributed by atoms with Gasteiger partial charge in [0, 0.05) is 46.1 Å². The summed E-state index contributed by atoms with van der Waals surface area (Å²) in [6.07, 6.45) is 7.88. The molecule has 0 bridgehead atoms. The van der Waals surface area contributed by atoms with Gasteiger partial charge in [-0.2, -0.15) is 0 Å². The molecule has 1 heterocycles. The molecule has 1 aliphatic rings. The summed E-state index contributed by atoms with van der Waals surface area (Å²) in [4.78, 5) is 8.67. The molecule has 0 aliphatic heterocycles. The van der Waals surface area contributed by atoms with Crippen molar-refractivity contribution in [1.29, 1.82) is 0 Å². The maximum absolute atomic E-state index is 13.0. The second kappa shape index (κ2) is 10.9. The number of aromatic nitrogens is 1. The number of rotatable bonds is 9. The summed E-state index contributed by atoms with van der Waals surface area (Å²) in [6, 6.07) is 9.62. The van der Waals surface area contributed by atoms with Gasteiger partial charge in [-0.1, -0.05) is 18.9 Å². The van der Waals surface area contributed by atoms with E-state index in [1.165, 1.54) is 37.8 Å². The largest absolute Gasteiger partial charge is 0.439 e. The molecule has 162 valence electrons. The molecule has 6 nitrogen and oxygen atoms in total. The summed E-state index contributed by atoms with van der Waals surface area (Å²) >= 11 is 0. The van der Waals surface area contributed by atoms with Crippen molar-refractivity contribution in [2.75, 3.05) is 27.3 Å². The van der Waals surface area contributed by atoms with Gasteiger partial charge in [-0.25, -0.2) is 9.37 Å². The average molecular weight is 415 g/mol. The van der Waals surface area contributed by atoms with Crippen LogP contribution >= 0.6 is 0 Å². The van der Waals surface area contributed by atoms with Crippen LogP contribution in [0.2, 0.25) is 0 Å². The monoisotopic (exact) mass is 414 g/mol. The highest BCUT2D eigenvalue weighted by atomic mass is 19.1. The summed E-state index contributed by atoms with van der Waals surface area (Å²) < 4.78 is 23.9. The predicted molar refractivity (Wildman–Crippen MR) is 116 cm³/mol. The highest BCUT2D eigenvalue weighted by molar-refractivity contribution is 5.79. The first-order valence-corrected chi connectivity index (χ1v) is 10.4. The summed E-state index contributed by atoms with van der Waals surface area (Å²) in [7, 11) is 3.55. The number of benzene rings is 1. The Morgan fingerprint density at radius 1 is 1.13 bits per heavy atom. The second-order valence-corrected chi connectivity index (χ2v) is 7.79. The zero-order valence-corrected chi connectivity index (χ0v) is 17.8. The molecular formula is C23H31FN4O2. The van der Waals surface area contributed by atoms with E-state index in [0.717, 1.165) is 31.1 Å². The zero-order chi connectivity index (χ0) is 21.2. The fourth-order valence-corrected chi connectivity index (χ4v) is 3.84. The lowest BCUT2D eigenvalue weighted by Gasteiger charge is -2.30. The quantitative estimate of drug-likeness (QED) is 0.474. The number of nitrogens with one attached hydrogen (secondary N) is 2. The van der Waals surface area contributed by atoms with E-state index in [1.807, 2.05) is 6.07 Å². The van der Waals surface area contributed by atoms with E-state index in [1.54, 1.807) is 38.6 Å². The first-order valence-electron chi connectivity index (χ1n) is 10.4. The maximum atomic E-state index is 13.0. The Bertz CT molecular complexity index is 803. The van der Waals surface area contributed by atoms with Crippen LogP contribution in [0.15, 0.2) is 47.6 Å². The number of methoxy groups -OCH3 is 1. The zero-order valence-electron chi connectivity index (χ0n) is 17.8. The number of guanidine groups is 1. The average Bonchev–Trinajstić information content (AvgIpc) is 3.24. The smallest absolute Gasteiger partial charge is 0.219 e. The fourth-order valence-electron chi connectivity index (χ4n) is 3.84. The third-order valence-corrected chi connectivity index (χ3v) is 5.65. The van der Waals surface area contributed by atoms with Gasteiger partial charge >= 0.3 is 0 Å². The molecule has 1 aromatic heterocycles. The van der Waals surface area contributed by atoms with Crippen molar-refractivity contribution >= 4 is 5.96 Å². The Labute approximate surface area is 177 Å². The van der Waals surface area contributed by atoms with E-state index in [2.05, 4.69) is 20.6 Å². The van der Waals surface area contributed by atoms with Crippen molar-refractivity contribution in [2.45, 2.75) is 38.6 Å². The predicted octanol–water partition coefficient (Wildman–Crippen LogP) is 4.27. The summed E-state index contributed by atoms with van der Waals surface area (Å²) in [6.45, 7) is 2.30. The van der Waals surface area contributed by atoms with Crippen molar-refractivity contribution in [2.24, 2.45) is 10.4 Å². The van der Waals surface area contributed by atoms with Crippen LogP contribution in [-0.4, -0.2) is 38.3 Å². The molecule has 0 atom stereocenters. The van der Waals surface area contributed by atoms with Crippen molar-refractivity contribution < 1.29 is 13.9 Å². The minimum absolute atomic E-state index is 0.295. The fraction of sp³-hybridized carbons (Fsp3) is 0.478. The molecule has 2 N–H and O–H groups in total. The lowest BCUT2D eigenvalue weighted by atomic mass is 9.83. The van der Waals surface area contributed by atoms with Crippen LogP contribution in [0.4, 0.5) is 4.39 Å². The number of hydrogen-bond acceptors (Lipinski definition) is 4. The molecule has 0 amide bonds. The van der Waals surface area contributed by atoms with Crippen LogP contribution in [0.3, 0.4) is 0 Å². The molecule has 0 spiro atoms. The molecule has 3 rings (SSSR count). The second-order valence-electron chi connectivity index (χ2n) is 7.79. The van der Waals surface area contributed by atoms with Gasteiger partial charge in [-0.3, -0.25) is 4.99 Å². The highest BCUT2D eigenvalue weighted by Gasteiger charge is 2.33. The summed E-state index contributed by atoms with van der Waals surface area (Å²) in [5.74, 6) is 1.50. The third kappa shape index (κ3) is 6.42. The number of nitrogens with zero attached hydrogens (tertiary/aromatic N) is 2. The van der Waals surface area contributed by atoms with E-state index < -0.39 is 0 Å². The van der Waals surface area contributed by atoms with Gasteiger partial charge < -0.3 is 20.1 Å². The molecule has 0 radical (unpaired) electrons. The van der Waals surface area contributed by atoms with Gasteiger partial charge in [-0.05, 0) is 54.5 Å². The number of ether oxygens (including phenoxy) is 2. The summed E-state index contributed by atoms with van der Waals surface area (Å²) in [5, 5.41) is 6.83. The topological polar surface area (TPSA) is 67.8 Å². The van der Waals surface area contributed by atoms with Crippen LogP contribution in [0.1, 0.15) is 37.7 Å². The molecule has 1 saturated carbocycles. The van der Waals surface area contributed by atoms with Crippen LogP contribution in [0.25, 0.3) is 0 Å². The van der Waals surface area contributed by atoms with E-state index in [9.17, 15) is 4.39 Å². The molecule has 1 fully saturated rings. The molecule has 0 unspecified atom stereocenters. The lowest BCUT2D eigenvalue weighted by Crippen LogP contribution is -2.43. The third-order valence-electron chi connectivity index (χ3n) is 5.65. The first-order chi connectivity index (χ1) is 14.6. The highest BCUT2D eigenvalue weighted by Crippen LogP contribution is 2.40. The molecule has 7 heteroatoms. The van der Waals surface area contributed by atoms with Crippen LogP contribution in [-0.2, 0) is 11.3 Å². The number of pyridine rings is 1. The maximum Gasteiger partial charge on any atom is 0.219 e. The Balaban J connectivity index is 1.48. The standard InChI is InChI=1S/C23H31FN4O2/c1-25-22(28-17-23(13-14-29-2)11-3-4-12-23)27-16-18-5-10-21(26-15-18)30-20-8-6-19(24)7-9-20/h5-10,15H,3-4,11-14,16-17H2,1-2H3,(H2,25,27,28). The number of halogens is 1. The van der Waals surface area contributed by atoms with Gasteiger partial charge in [0.05, 0.1) is 0 Å². The number of aliphatic imine (C=N–C) groups is 1. The van der Waals surface area contributed by atoms with Crippen molar-refractivity contribution in [3.63, 3.8) is 0 Å². The first kappa shape index (κ1) is 22.0. The van der Waals surface area contributed by atoms with Crippen molar-refractivity contribution in [1.82, 2.24) is 15.6 Å². The SMILES string of the molecule is CN=C(NCc1ccc(Oc2ccc(F)cc2)nc1)NCC1(CCOC)CCCC1. The van der Waals surface area contributed by atoms with E-state index >= 15 is 0 Å². The summed E-state index contributed by atoms with van der Waals surface area (Å²) in [5.41, 5.74) is 1.31. The molecule has 1 aliphatic carbocycles. The molecular weight excluding hydrogens is 383 g/mol. The molecule has 0 saturated heterocycles. The van der Waals surface area contributed by atoms with E-state index in [4.69, 9.17) is 9.47 Å². The Morgan fingerprint density at radius 3 is 2.53 bits per heavy atom. The Kier molecular flexibility index (Phi) is 8.02. The van der Waals surface area contributed by atoms with Crippen LogP contribution in [0.5, 0.6) is 11.6 Å². The number of hydrogen-bond donors (Lipinski definition) is 2. The van der Waals surface area contributed by atoms with Crippen molar-refractivity contribution in [3.05, 3.63) is 54.0 Å². The van der Waals surface area contributed by atoms with E-state index in [-0.39, 0.29) is 5.82 Å². The van der Waals surface area contributed by atoms with Crippen molar-refractivity contribution in [3.8, 4) is 11.6 Å². The van der Waals surface area contributed by atoms with Gasteiger partial charge in [0.2, 0.25) is 5.88 Å². The molecule has 30 heavy (non-hydrogen) atoms. The van der Waals surface area contributed by atoms with E-state index in [0.29, 0.717) is 23.6 Å². The van der Waals surface area contributed by atoms with Crippen LogP contribution < -0.4 is 15.4 Å². The van der Waals surface area contributed by atoms with Gasteiger partial charge in [0.1, 0.15) is 11.6 Å². The Morgan fingerprint density at radius 2 is 1.90 bits per heavy atom. The van der Waals surface area contributed by atoms with Gasteiger partial charge in [0.15, 0.2) is 5.96 Å². The van der Waals surface area contributed by atoms with Gasteiger partial charge in [-0.15, -0.1) is 0 Å². The minimum atomic E-state index is -0.295. The normalized spacial score (nSPS) is 15.8. The lowest BCUT2D eigenvalue weighted by molar-refractivity contribution is 0.138. The minimum Gasteiger partial charge on any atom is -0.439 e.